The van der Waals surface area contributed by atoms with Crippen LogP contribution in [-0.4, -0.2) is 92.0 Å². The highest BCUT2D eigenvalue weighted by Crippen LogP contribution is 2.50. The van der Waals surface area contributed by atoms with Crippen molar-refractivity contribution >= 4 is 44.6 Å². The van der Waals surface area contributed by atoms with Gasteiger partial charge in [-0.25, -0.2) is 4.57 Å². The molecule has 4 saturated heterocycles. The van der Waals surface area contributed by atoms with Crippen LogP contribution in [0.15, 0.2) is 53.1 Å². The van der Waals surface area contributed by atoms with Crippen molar-refractivity contribution in [3.8, 4) is 0 Å². The fraction of sp³-hybridized carbons (Fsp3) is 0.500. The Hall–Kier alpha value is -3.46. The minimum absolute atomic E-state index is 0.00624. The van der Waals surface area contributed by atoms with E-state index in [1.165, 1.54) is 13.0 Å². The van der Waals surface area contributed by atoms with Crippen molar-refractivity contribution in [2.45, 2.75) is 81.0 Å². The normalized spacial score (nSPS) is 33.2. The molecule has 14 heteroatoms. The van der Waals surface area contributed by atoms with Crippen LogP contribution in [0.5, 0.6) is 0 Å². The van der Waals surface area contributed by atoms with Gasteiger partial charge in [0.1, 0.15) is 12.1 Å². The Bertz CT molecular complexity index is 1850. The summed E-state index contributed by atoms with van der Waals surface area (Å²) >= 11 is 3.23. The summed E-state index contributed by atoms with van der Waals surface area (Å²) in [7, 11) is 1.85. The number of aliphatic hydroxyl groups is 1. The number of hydrogen-bond donors (Lipinski definition) is 2. The number of ether oxygens (including phenoxy) is 1. The van der Waals surface area contributed by atoms with Crippen molar-refractivity contribution in [3.05, 3.63) is 69.8 Å². The number of likely N-dealkylation sites (tertiary alicyclic amines) is 1. The number of piperazine rings is 1. The van der Waals surface area contributed by atoms with Crippen molar-refractivity contribution in [1.82, 2.24) is 24.6 Å². The number of piperidine rings is 1. The van der Waals surface area contributed by atoms with E-state index in [1.54, 1.807) is 11.0 Å². The summed E-state index contributed by atoms with van der Waals surface area (Å²) in [4.78, 5) is 46.8. The van der Waals surface area contributed by atoms with Crippen LogP contribution in [0.2, 0.25) is 0 Å². The van der Waals surface area contributed by atoms with Gasteiger partial charge in [-0.3, -0.25) is 24.0 Å². The Kier molecular flexibility index (Phi) is 7.13. The van der Waals surface area contributed by atoms with Crippen molar-refractivity contribution < 1.29 is 37.4 Å². The lowest BCUT2D eigenvalue weighted by Gasteiger charge is -2.48. The molecule has 5 heterocycles. The summed E-state index contributed by atoms with van der Waals surface area (Å²) in [5.41, 5.74) is 0.267. The number of alkyl halides is 3. The van der Waals surface area contributed by atoms with E-state index in [2.05, 4.69) is 21.2 Å². The van der Waals surface area contributed by atoms with E-state index in [0.717, 1.165) is 16.0 Å². The first-order valence-electron chi connectivity index (χ1n) is 16.2. The van der Waals surface area contributed by atoms with Crippen LogP contribution in [0.4, 0.5) is 13.2 Å². The first-order chi connectivity index (χ1) is 22.7. The van der Waals surface area contributed by atoms with Gasteiger partial charge in [-0.1, -0.05) is 42.5 Å². The molecule has 254 valence electrons. The van der Waals surface area contributed by atoms with Crippen molar-refractivity contribution in [2.24, 2.45) is 5.92 Å². The smallest absolute Gasteiger partial charge is 0.347 e. The molecule has 4 fully saturated rings. The molecule has 0 saturated carbocycles. The van der Waals surface area contributed by atoms with Gasteiger partial charge in [0.2, 0.25) is 17.5 Å². The van der Waals surface area contributed by atoms with Crippen LogP contribution in [0, 0.1) is 5.92 Å². The van der Waals surface area contributed by atoms with Crippen molar-refractivity contribution in [3.63, 3.8) is 0 Å². The molecule has 2 N–H and O–H groups in total. The molecule has 0 bridgehead atoms. The molecule has 1 aromatic heterocycles. The highest BCUT2D eigenvalue weighted by atomic mass is 79.9. The molecular formula is C34H35BrF3N5O5. The minimum Gasteiger partial charge on any atom is -0.347 e. The van der Waals surface area contributed by atoms with Gasteiger partial charge in [-0.05, 0) is 78.3 Å². The number of fused-ring (bicyclic) bond motifs is 5. The van der Waals surface area contributed by atoms with Gasteiger partial charge in [0.05, 0.1) is 16.0 Å². The van der Waals surface area contributed by atoms with E-state index in [9.17, 15) is 32.7 Å². The van der Waals surface area contributed by atoms with E-state index in [4.69, 9.17) is 4.74 Å². The number of benzene rings is 2. The van der Waals surface area contributed by atoms with E-state index < -0.39 is 47.8 Å². The monoisotopic (exact) mass is 729 g/mol. The number of amides is 3. The van der Waals surface area contributed by atoms with E-state index in [-0.39, 0.29) is 34.4 Å². The summed E-state index contributed by atoms with van der Waals surface area (Å²) in [6.07, 6.45) is -2.65. The standard InChI is InChI=1S/C34H35BrF3N5O5/c1-32(31(46)43-25(14-18-8-4-3-5-9-18)30(45)41-13-7-12-26(41)33(43,47)48-32)39-29(44)19-15-21-20-10-6-11-23-27(20)22(16-24(21)40(2)17-19)28(35)42(23)34(36,37)38/h3-6,8-11,19,21,24-26,47H,7,12-17H2,1-2H3,(H,39,44)/t19?,21-,24-,25+,26+,32-,33+/m1/s1. The average molecular weight is 731 g/mol. The number of hydrogen-bond acceptors (Lipinski definition) is 6. The summed E-state index contributed by atoms with van der Waals surface area (Å²) in [5, 5.41) is 15.4. The molecule has 3 aromatic rings. The van der Waals surface area contributed by atoms with Gasteiger partial charge < -0.3 is 20.2 Å². The zero-order chi connectivity index (χ0) is 33.9. The second-order valence-electron chi connectivity index (χ2n) is 13.9. The number of carbonyl (C=O) groups is 3. The summed E-state index contributed by atoms with van der Waals surface area (Å²) in [6.45, 7) is 2.15. The number of aromatic nitrogens is 1. The maximum absolute atomic E-state index is 14.2. The Morgan fingerprint density at radius 1 is 1.15 bits per heavy atom. The molecule has 0 radical (unpaired) electrons. The fourth-order valence-corrected chi connectivity index (χ4v) is 9.79. The Morgan fingerprint density at radius 3 is 2.62 bits per heavy atom. The lowest BCUT2D eigenvalue weighted by molar-refractivity contribution is -0.315. The largest absolute Gasteiger partial charge is 0.489 e. The van der Waals surface area contributed by atoms with Crippen molar-refractivity contribution in [1.29, 1.82) is 0 Å². The molecule has 1 aliphatic carbocycles. The maximum atomic E-state index is 14.2. The van der Waals surface area contributed by atoms with E-state index in [0.29, 0.717) is 54.3 Å². The van der Waals surface area contributed by atoms with Gasteiger partial charge in [-0.15, -0.1) is 13.2 Å². The van der Waals surface area contributed by atoms with Crippen LogP contribution in [0.1, 0.15) is 48.8 Å². The number of halogens is 4. The third-order valence-electron chi connectivity index (χ3n) is 11.1. The first kappa shape index (κ1) is 31.8. The minimum atomic E-state index is -4.61. The van der Waals surface area contributed by atoms with Crippen LogP contribution >= 0.6 is 15.9 Å². The molecule has 0 spiro atoms. The quantitative estimate of drug-likeness (QED) is 0.424. The second-order valence-corrected chi connectivity index (χ2v) is 14.7. The van der Waals surface area contributed by atoms with Gasteiger partial charge in [0.15, 0.2) is 0 Å². The number of rotatable bonds is 4. The molecule has 10 nitrogen and oxygen atoms in total. The number of nitrogens with one attached hydrogen (secondary N) is 1. The van der Waals surface area contributed by atoms with Crippen LogP contribution in [-0.2, 0) is 38.3 Å². The van der Waals surface area contributed by atoms with E-state index >= 15 is 0 Å². The zero-order valence-corrected chi connectivity index (χ0v) is 27.9. The lowest BCUT2D eigenvalue weighted by atomic mass is 9.72. The molecule has 2 aromatic carbocycles. The predicted molar refractivity (Wildman–Crippen MR) is 170 cm³/mol. The number of carbonyl (C=O) groups excluding carboxylic acids is 3. The first-order valence-corrected chi connectivity index (χ1v) is 17.0. The Balaban J connectivity index is 1.09. The SMILES string of the molecule is CN1CC(C(=O)N[C@]2(C)O[C@@]3(O)[C@@H]4CCCN4C(=O)[C@H](Cc4ccccc4)N3C2=O)C[C@@H]2c3cccc4c3c(c(Br)n4C(F)(F)F)C[C@H]21. The molecular weight excluding hydrogens is 695 g/mol. The Labute approximate surface area is 282 Å². The second kappa shape index (κ2) is 10.8. The van der Waals surface area contributed by atoms with Gasteiger partial charge in [-0.2, -0.15) is 0 Å². The van der Waals surface area contributed by atoms with Gasteiger partial charge in [0.25, 0.3) is 11.8 Å². The lowest BCUT2D eigenvalue weighted by Crippen LogP contribution is -2.71. The number of nitrogens with zero attached hydrogens (tertiary/aromatic N) is 4. The van der Waals surface area contributed by atoms with Gasteiger partial charge in [0, 0.05) is 36.9 Å². The third kappa shape index (κ3) is 4.51. The topological polar surface area (TPSA) is 107 Å². The fourth-order valence-electron chi connectivity index (χ4n) is 9.04. The highest BCUT2D eigenvalue weighted by Gasteiger charge is 2.70. The van der Waals surface area contributed by atoms with Crippen molar-refractivity contribution in [2.75, 3.05) is 20.1 Å². The van der Waals surface area contributed by atoms with E-state index in [1.807, 2.05) is 48.3 Å². The summed E-state index contributed by atoms with van der Waals surface area (Å²) in [6, 6.07) is 12.2. The molecule has 7 atom stereocenters. The van der Waals surface area contributed by atoms with Crippen LogP contribution < -0.4 is 5.32 Å². The van der Waals surface area contributed by atoms with Crippen LogP contribution in [0.3, 0.4) is 0 Å². The van der Waals surface area contributed by atoms with Gasteiger partial charge >= 0.3 is 6.30 Å². The maximum Gasteiger partial charge on any atom is 0.489 e. The highest BCUT2D eigenvalue weighted by molar-refractivity contribution is 9.10. The summed E-state index contributed by atoms with van der Waals surface area (Å²) in [5.74, 6) is -4.45. The molecule has 4 aliphatic heterocycles. The predicted octanol–water partition coefficient (Wildman–Crippen LogP) is 3.79. The Morgan fingerprint density at radius 2 is 1.90 bits per heavy atom. The molecule has 48 heavy (non-hydrogen) atoms. The zero-order valence-electron chi connectivity index (χ0n) is 26.3. The summed E-state index contributed by atoms with van der Waals surface area (Å²) < 4.78 is 48.9. The third-order valence-corrected chi connectivity index (χ3v) is 11.9. The molecule has 3 amide bonds. The molecule has 8 rings (SSSR count). The number of likely N-dealkylation sites (N-methyl/N-ethyl adjacent to an activating group) is 1. The molecule has 5 aliphatic rings. The molecule has 1 unspecified atom stereocenters. The van der Waals surface area contributed by atoms with Crippen LogP contribution in [0.25, 0.3) is 10.9 Å². The average Bonchev–Trinajstić information content (AvgIpc) is 3.70.